The second-order valence-corrected chi connectivity index (χ2v) is 3.44. The molecule has 0 saturated carbocycles. The van der Waals surface area contributed by atoms with E-state index in [0.717, 1.165) is 0 Å². The number of phenolic OH excluding ortho intramolecular Hbond substituents is 1. The van der Waals surface area contributed by atoms with Crippen molar-refractivity contribution in [3.8, 4) is 23.3 Å². The van der Waals surface area contributed by atoms with Crippen molar-refractivity contribution in [3.05, 3.63) is 16.7 Å². The van der Waals surface area contributed by atoms with Crippen LogP contribution in [-0.4, -0.2) is 18.3 Å². The van der Waals surface area contributed by atoms with Gasteiger partial charge in [-0.15, -0.1) is 0 Å². The molecule has 0 unspecified atom stereocenters. The molecule has 1 heterocycles. The third-order valence-electron chi connectivity index (χ3n) is 2.10. The highest BCUT2D eigenvalue weighted by Gasteiger charge is 2.21. The van der Waals surface area contributed by atoms with Gasteiger partial charge in [-0.1, -0.05) is 11.6 Å². The highest BCUT2D eigenvalue weighted by atomic mass is 35.5. The predicted molar refractivity (Wildman–Crippen MR) is 53.4 cm³/mol. The van der Waals surface area contributed by atoms with Crippen LogP contribution in [0.15, 0.2) is 6.07 Å². The molecule has 0 amide bonds. The first-order chi connectivity index (χ1) is 7.24. The fraction of sp³-hybridized carbons (Fsp3) is 0.300. The number of phenols is 1. The second kappa shape index (κ2) is 3.87. The molecule has 1 N–H and O–H groups in total. The lowest BCUT2D eigenvalue weighted by molar-refractivity contribution is 0.171. The molecule has 78 valence electrons. The Morgan fingerprint density at radius 1 is 1.47 bits per heavy atom. The first-order valence-corrected chi connectivity index (χ1v) is 4.78. The number of aromatic hydroxyl groups is 1. The molecule has 0 radical (unpaired) electrons. The van der Waals surface area contributed by atoms with Crippen LogP contribution in [0.5, 0.6) is 17.2 Å². The van der Waals surface area contributed by atoms with E-state index in [9.17, 15) is 5.11 Å². The average Bonchev–Trinajstić information content (AvgIpc) is 2.26. The topological polar surface area (TPSA) is 62.5 Å². The largest absolute Gasteiger partial charge is 0.506 e. The lowest BCUT2D eigenvalue weighted by atomic mass is 10.1. The standard InChI is InChI=1S/C10H8ClNO3/c11-8-9(13)6(1-2-12)5-7-10(8)15-4-3-14-7/h5,13H,1,3-4H2. The lowest BCUT2D eigenvalue weighted by Gasteiger charge is -2.20. The van der Waals surface area contributed by atoms with Crippen LogP contribution >= 0.6 is 11.6 Å². The van der Waals surface area contributed by atoms with E-state index in [4.69, 9.17) is 26.3 Å². The molecule has 15 heavy (non-hydrogen) atoms. The zero-order chi connectivity index (χ0) is 10.8. The van der Waals surface area contributed by atoms with Gasteiger partial charge >= 0.3 is 0 Å². The van der Waals surface area contributed by atoms with Crippen molar-refractivity contribution in [2.45, 2.75) is 6.42 Å². The molecular weight excluding hydrogens is 218 g/mol. The van der Waals surface area contributed by atoms with E-state index in [-0.39, 0.29) is 17.2 Å². The fourth-order valence-corrected chi connectivity index (χ4v) is 1.67. The Morgan fingerprint density at radius 3 is 2.93 bits per heavy atom. The number of hydrogen-bond donors (Lipinski definition) is 1. The third kappa shape index (κ3) is 1.66. The van der Waals surface area contributed by atoms with Crippen LogP contribution in [0, 0.1) is 11.3 Å². The number of ether oxygens (including phenoxy) is 2. The molecule has 5 heteroatoms. The first-order valence-electron chi connectivity index (χ1n) is 4.41. The van der Waals surface area contributed by atoms with E-state index in [1.54, 1.807) is 6.07 Å². The van der Waals surface area contributed by atoms with Crippen LogP contribution in [0.1, 0.15) is 5.56 Å². The summed E-state index contributed by atoms with van der Waals surface area (Å²) in [6.45, 7) is 0.851. The molecule has 0 spiro atoms. The molecule has 1 aliphatic rings. The van der Waals surface area contributed by atoms with Crippen LogP contribution in [0.3, 0.4) is 0 Å². The number of nitriles is 1. The Balaban J connectivity index is 2.53. The molecule has 0 saturated heterocycles. The smallest absolute Gasteiger partial charge is 0.183 e. The molecule has 0 bridgehead atoms. The molecule has 0 aliphatic carbocycles. The predicted octanol–water partition coefficient (Wildman–Crippen LogP) is 1.88. The molecule has 0 atom stereocenters. The third-order valence-corrected chi connectivity index (χ3v) is 2.45. The maximum Gasteiger partial charge on any atom is 0.183 e. The summed E-state index contributed by atoms with van der Waals surface area (Å²) in [5.41, 5.74) is 0.451. The van der Waals surface area contributed by atoms with Gasteiger partial charge in [0.15, 0.2) is 11.5 Å². The van der Waals surface area contributed by atoms with Crippen LogP contribution in [-0.2, 0) is 6.42 Å². The Morgan fingerprint density at radius 2 is 2.20 bits per heavy atom. The number of benzene rings is 1. The first kappa shape index (κ1) is 9.94. The Hall–Kier alpha value is -1.60. The van der Waals surface area contributed by atoms with Crippen molar-refractivity contribution >= 4 is 11.6 Å². The Kier molecular flexibility index (Phi) is 2.57. The van der Waals surface area contributed by atoms with Crippen molar-refractivity contribution in [2.75, 3.05) is 13.2 Å². The number of hydrogen-bond acceptors (Lipinski definition) is 4. The van der Waals surface area contributed by atoms with Gasteiger partial charge in [0.25, 0.3) is 0 Å². The van der Waals surface area contributed by atoms with Gasteiger partial charge in [0, 0.05) is 5.56 Å². The van der Waals surface area contributed by atoms with Gasteiger partial charge in [-0.2, -0.15) is 5.26 Å². The quantitative estimate of drug-likeness (QED) is 0.793. The van der Waals surface area contributed by atoms with Crippen molar-refractivity contribution in [3.63, 3.8) is 0 Å². The molecule has 0 aromatic heterocycles. The van der Waals surface area contributed by atoms with Crippen molar-refractivity contribution in [2.24, 2.45) is 0 Å². The Bertz CT molecular complexity index is 439. The van der Waals surface area contributed by atoms with E-state index in [1.807, 2.05) is 6.07 Å². The van der Waals surface area contributed by atoms with Gasteiger partial charge in [-0.3, -0.25) is 0 Å². The lowest BCUT2D eigenvalue weighted by Crippen LogP contribution is -2.15. The summed E-state index contributed by atoms with van der Waals surface area (Å²) < 4.78 is 10.6. The van der Waals surface area contributed by atoms with E-state index in [0.29, 0.717) is 30.3 Å². The summed E-state index contributed by atoms with van der Waals surface area (Å²) in [6, 6.07) is 3.53. The minimum Gasteiger partial charge on any atom is -0.506 e. The maximum atomic E-state index is 9.67. The summed E-state index contributed by atoms with van der Waals surface area (Å²) in [5, 5.41) is 18.3. The zero-order valence-electron chi connectivity index (χ0n) is 7.79. The van der Waals surface area contributed by atoms with Gasteiger partial charge in [0.05, 0.1) is 12.5 Å². The summed E-state index contributed by atoms with van der Waals surface area (Å²) in [5.74, 6) is 0.721. The van der Waals surface area contributed by atoms with Crippen LogP contribution in [0.2, 0.25) is 5.02 Å². The van der Waals surface area contributed by atoms with Crippen molar-refractivity contribution in [1.29, 1.82) is 5.26 Å². The van der Waals surface area contributed by atoms with Gasteiger partial charge < -0.3 is 14.6 Å². The number of rotatable bonds is 1. The van der Waals surface area contributed by atoms with E-state index < -0.39 is 0 Å². The summed E-state index contributed by atoms with van der Waals surface area (Å²) in [7, 11) is 0. The minimum absolute atomic E-state index is 0.0855. The summed E-state index contributed by atoms with van der Waals surface area (Å²) in [6.07, 6.45) is 0.0855. The van der Waals surface area contributed by atoms with E-state index >= 15 is 0 Å². The number of halogens is 1. The van der Waals surface area contributed by atoms with Gasteiger partial charge in [0.2, 0.25) is 0 Å². The minimum atomic E-state index is -0.109. The SMILES string of the molecule is N#CCc1cc2c(c(Cl)c1O)OCCO2. The zero-order valence-corrected chi connectivity index (χ0v) is 8.54. The van der Waals surface area contributed by atoms with E-state index in [2.05, 4.69) is 0 Å². The van der Waals surface area contributed by atoms with Gasteiger partial charge in [-0.05, 0) is 6.07 Å². The highest BCUT2D eigenvalue weighted by molar-refractivity contribution is 6.33. The second-order valence-electron chi connectivity index (χ2n) is 3.06. The van der Waals surface area contributed by atoms with Gasteiger partial charge in [0.1, 0.15) is 24.0 Å². The number of nitrogens with zero attached hydrogens (tertiary/aromatic N) is 1. The Labute approximate surface area is 91.6 Å². The normalized spacial score (nSPS) is 13.3. The van der Waals surface area contributed by atoms with Gasteiger partial charge in [-0.25, -0.2) is 0 Å². The molecule has 1 aliphatic heterocycles. The van der Waals surface area contributed by atoms with Crippen LogP contribution < -0.4 is 9.47 Å². The molecular formula is C10H8ClNO3. The van der Waals surface area contributed by atoms with Crippen LogP contribution in [0.25, 0.3) is 0 Å². The van der Waals surface area contributed by atoms with Crippen molar-refractivity contribution in [1.82, 2.24) is 0 Å². The molecule has 1 aromatic carbocycles. The number of fused-ring (bicyclic) bond motifs is 1. The maximum absolute atomic E-state index is 9.67. The van der Waals surface area contributed by atoms with Crippen LogP contribution in [0.4, 0.5) is 0 Å². The molecule has 4 nitrogen and oxygen atoms in total. The average molecular weight is 226 g/mol. The summed E-state index contributed by atoms with van der Waals surface area (Å²) in [4.78, 5) is 0. The molecule has 1 aromatic rings. The van der Waals surface area contributed by atoms with Crippen molar-refractivity contribution < 1.29 is 14.6 Å². The molecule has 2 rings (SSSR count). The van der Waals surface area contributed by atoms with E-state index in [1.165, 1.54) is 0 Å². The fourth-order valence-electron chi connectivity index (χ4n) is 1.41. The monoisotopic (exact) mass is 225 g/mol. The highest BCUT2D eigenvalue weighted by Crippen LogP contribution is 2.44. The summed E-state index contributed by atoms with van der Waals surface area (Å²) >= 11 is 5.89. The molecule has 0 fully saturated rings.